The molecule has 2 aliphatic heterocycles. The van der Waals surface area contributed by atoms with Crippen molar-refractivity contribution in [1.82, 2.24) is 10.2 Å². The first-order valence-corrected chi connectivity index (χ1v) is 11.9. The third-order valence-electron chi connectivity index (χ3n) is 6.35. The summed E-state index contributed by atoms with van der Waals surface area (Å²) < 4.78 is 10.4. The lowest BCUT2D eigenvalue weighted by Gasteiger charge is -2.31. The molecular formula is C27H31N3O6. The van der Waals surface area contributed by atoms with Gasteiger partial charge in [0.15, 0.2) is 0 Å². The minimum atomic E-state index is -0.620. The SMILES string of the molecule is COC(=O)N[C@H](C(=O)N1CCC[C@H]1C1=NC=C(c2ccc(-c3ccc(C)o3)cc2)C1)C(C)C.O=C=O. The molecule has 1 N–H and O–H groups in total. The molecule has 1 fully saturated rings. The maximum absolute atomic E-state index is 13.3. The maximum atomic E-state index is 13.3. The first-order chi connectivity index (χ1) is 17.3. The van der Waals surface area contributed by atoms with Gasteiger partial charge in [-0.05, 0) is 49.0 Å². The molecule has 2 aromatic rings. The number of nitrogens with one attached hydrogen (secondary N) is 1. The van der Waals surface area contributed by atoms with E-state index in [1.54, 1.807) is 0 Å². The molecular weight excluding hydrogens is 462 g/mol. The van der Waals surface area contributed by atoms with E-state index < -0.39 is 12.1 Å². The zero-order chi connectivity index (χ0) is 26.2. The second-order valence-corrected chi connectivity index (χ2v) is 9.07. The van der Waals surface area contributed by atoms with Crippen LogP contribution in [-0.4, -0.2) is 54.5 Å². The summed E-state index contributed by atoms with van der Waals surface area (Å²) in [5, 5.41) is 2.70. The highest BCUT2D eigenvalue weighted by atomic mass is 16.5. The van der Waals surface area contributed by atoms with Crippen LogP contribution in [0.3, 0.4) is 0 Å². The first kappa shape index (κ1) is 26.6. The van der Waals surface area contributed by atoms with Crippen molar-refractivity contribution in [1.29, 1.82) is 0 Å². The average molecular weight is 494 g/mol. The first-order valence-electron chi connectivity index (χ1n) is 11.9. The highest BCUT2D eigenvalue weighted by Crippen LogP contribution is 2.32. The van der Waals surface area contributed by atoms with E-state index in [-0.39, 0.29) is 24.0 Å². The van der Waals surface area contributed by atoms with Gasteiger partial charge in [-0.2, -0.15) is 9.59 Å². The smallest absolute Gasteiger partial charge is 0.407 e. The average Bonchev–Trinajstić information content (AvgIpc) is 3.63. The molecule has 3 heterocycles. The molecule has 9 heteroatoms. The van der Waals surface area contributed by atoms with Crippen LogP contribution in [0.5, 0.6) is 0 Å². The minimum Gasteiger partial charge on any atom is -0.461 e. The molecule has 2 atom stereocenters. The maximum Gasteiger partial charge on any atom is 0.407 e. The minimum absolute atomic E-state index is 0.0442. The second-order valence-electron chi connectivity index (χ2n) is 9.07. The Bertz CT molecular complexity index is 1170. The van der Waals surface area contributed by atoms with Gasteiger partial charge in [-0.15, -0.1) is 0 Å². The lowest BCUT2D eigenvalue weighted by Crippen LogP contribution is -2.53. The monoisotopic (exact) mass is 493 g/mol. The predicted octanol–water partition coefficient (Wildman–Crippen LogP) is 4.23. The number of allylic oxidation sites excluding steroid dienone is 1. The molecule has 1 saturated heterocycles. The number of rotatable bonds is 6. The number of carbonyl (C=O) groups excluding carboxylic acids is 4. The van der Waals surface area contributed by atoms with E-state index in [4.69, 9.17) is 23.7 Å². The topological polar surface area (TPSA) is 118 Å². The van der Waals surface area contributed by atoms with Crippen LogP contribution in [0.15, 0.2) is 52.0 Å². The van der Waals surface area contributed by atoms with Crippen molar-refractivity contribution in [2.45, 2.75) is 52.1 Å². The number of aryl methyl sites for hydroxylation is 1. The van der Waals surface area contributed by atoms with Gasteiger partial charge in [0, 0.05) is 30.4 Å². The van der Waals surface area contributed by atoms with Gasteiger partial charge < -0.3 is 19.4 Å². The Morgan fingerprint density at radius 1 is 1.14 bits per heavy atom. The molecule has 0 radical (unpaired) electrons. The summed E-state index contributed by atoms with van der Waals surface area (Å²) in [7, 11) is 1.30. The van der Waals surface area contributed by atoms with Gasteiger partial charge >= 0.3 is 12.2 Å². The van der Waals surface area contributed by atoms with Crippen molar-refractivity contribution in [2.75, 3.05) is 13.7 Å². The van der Waals surface area contributed by atoms with Crippen molar-refractivity contribution < 1.29 is 28.3 Å². The number of aliphatic imine (C=N–C) groups is 1. The number of nitrogens with zero attached hydrogens (tertiary/aromatic N) is 2. The number of likely N-dealkylation sites (tertiary alicyclic amines) is 1. The Hall–Kier alpha value is -3.97. The Morgan fingerprint density at radius 2 is 1.81 bits per heavy atom. The van der Waals surface area contributed by atoms with E-state index in [0.29, 0.717) is 13.0 Å². The lowest BCUT2D eigenvalue weighted by atomic mass is 9.96. The van der Waals surface area contributed by atoms with Gasteiger partial charge in [0.1, 0.15) is 17.6 Å². The molecule has 2 aliphatic rings. The fourth-order valence-corrected chi connectivity index (χ4v) is 4.52. The van der Waals surface area contributed by atoms with E-state index in [0.717, 1.165) is 46.8 Å². The van der Waals surface area contributed by atoms with Gasteiger partial charge in [-0.1, -0.05) is 38.1 Å². The van der Waals surface area contributed by atoms with Gasteiger partial charge in [-0.3, -0.25) is 9.79 Å². The number of amides is 2. The van der Waals surface area contributed by atoms with Crippen molar-refractivity contribution in [3.63, 3.8) is 0 Å². The van der Waals surface area contributed by atoms with E-state index in [1.807, 2.05) is 44.0 Å². The number of carbonyl (C=O) groups is 2. The van der Waals surface area contributed by atoms with Crippen LogP contribution in [0, 0.1) is 12.8 Å². The van der Waals surface area contributed by atoms with Crippen LogP contribution < -0.4 is 5.32 Å². The Kier molecular flexibility index (Phi) is 8.97. The Balaban J connectivity index is 0.00000115. The number of benzene rings is 1. The van der Waals surface area contributed by atoms with Crippen LogP contribution in [0.1, 0.15) is 44.4 Å². The summed E-state index contributed by atoms with van der Waals surface area (Å²) in [5.41, 5.74) is 4.29. The quantitative estimate of drug-likeness (QED) is 0.643. The van der Waals surface area contributed by atoms with Crippen LogP contribution in [0.4, 0.5) is 4.79 Å². The lowest BCUT2D eigenvalue weighted by molar-refractivity contribution is -0.191. The van der Waals surface area contributed by atoms with E-state index in [9.17, 15) is 9.59 Å². The number of alkyl carbamates (subject to hydrolysis) is 1. The zero-order valence-corrected chi connectivity index (χ0v) is 20.9. The fourth-order valence-electron chi connectivity index (χ4n) is 4.52. The van der Waals surface area contributed by atoms with Crippen LogP contribution in [0.2, 0.25) is 0 Å². The van der Waals surface area contributed by atoms with Gasteiger partial charge in [0.05, 0.1) is 13.2 Å². The molecule has 1 aromatic heterocycles. The number of hydrogen-bond donors (Lipinski definition) is 1. The van der Waals surface area contributed by atoms with Crippen molar-refractivity contribution in [3.05, 3.63) is 53.9 Å². The molecule has 0 saturated carbocycles. The molecule has 0 spiro atoms. The second kappa shape index (κ2) is 12.1. The molecule has 4 rings (SSSR count). The molecule has 0 unspecified atom stereocenters. The third kappa shape index (κ3) is 6.17. The summed E-state index contributed by atoms with van der Waals surface area (Å²) in [4.78, 5) is 47.9. The fraction of sp³-hybridized carbons (Fsp3) is 0.407. The van der Waals surface area contributed by atoms with Crippen molar-refractivity contribution in [2.24, 2.45) is 10.9 Å². The van der Waals surface area contributed by atoms with Crippen LogP contribution in [-0.2, 0) is 19.1 Å². The highest BCUT2D eigenvalue weighted by molar-refractivity contribution is 6.03. The molecule has 36 heavy (non-hydrogen) atoms. The van der Waals surface area contributed by atoms with Crippen molar-refractivity contribution >= 4 is 29.4 Å². The largest absolute Gasteiger partial charge is 0.461 e. The molecule has 190 valence electrons. The van der Waals surface area contributed by atoms with Crippen LogP contribution in [0.25, 0.3) is 16.9 Å². The van der Waals surface area contributed by atoms with Gasteiger partial charge in [-0.25, -0.2) is 4.79 Å². The number of ether oxygens (including phenoxy) is 1. The standard InChI is InChI=1S/C26H31N3O4.CO2/c1-16(2)24(28-26(31)32-4)25(30)29-13-5-6-22(29)21-14-20(15-27-21)18-8-10-19(11-9-18)23-12-7-17(3)33-23;2-1-3/h7-12,15-16,22,24H,5-6,13-14H2,1-4H3,(H,28,31);/t22-,24-;/m0./s1. The van der Waals surface area contributed by atoms with E-state index in [2.05, 4.69) is 29.6 Å². The molecule has 2 amide bonds. The van der Waals surface area contributed by atoms with Crippen molar-refractivity contribution in [3.8, 4) is 11.3 Å². The molecule has 0 bridgehead atoms. The summed E-state index contributed by atoms with van der Waals surface area (Å²) in [6.07, 6.45) is 4.09. The van der Waals surface area contributed by atoms with Gasteiger partial charge in [0.2, 0.25) is 5.91 Å². The van der Waals surface area contributed by atoms with E-state index >= 15 is 0 Å². The molecule has 1 aromatic carbocycles. The van der Waals surface area contributed by atoms with Gasteiger partial charge in [0.25, 0.3) is 0 Å². The summed E-state index contributed by atoms with van der Waals surface area (Å²) in [5.74, 6) is 1.63. The number of methoxy groups -OCH3 is 1. The third-order valence-corrected chi connectivity index (χ3v) is 6.35. The zero-order valence-electron chi connectivity index (χ0n) is 20.9. The highest BCUT2D eigenvalue weighted by Gasteiger charge is 2.38. The predicted molar refractivity (Wildman–Crippen MR) is 133 cm³/mol. The summed E-state index contributed by atoms with van der Waals surface area (Å²) in [6, 6.07) is 11.6. The summed E-state index contributed by atoms with van der Waals surface area (Å²) in [6.45, 7) is 6.45. The van der Waals surface area contributed by atoms with Crippen LogP contribution >= 0.6 is 0 Å². The number of furan rings is 1. The Labute approximate surface area is 210 Å². The normalized spacial score (nSPS) is 17.5. The summed E-state index contributed by atoms with van der Waals surface area (Å²) >= 11 is 0. The van der Waals surface area contributed by atoms with E-state index in [1.165, 1.54) is 7.11 Å². The molecule has 9 nitrogen and oxygen atoms in total. The molecule has 0 aliphatic carbocycles. The number of hydrogen-bond acceptors (Lipinski definition) is 7. The Morgan fingerprint density at radius 3 is 2.39 bits per heavy atom.